The van der Waals surface area contributed by atoms with Gasteiger partial charge in [-0.05, 0) is 18.2 Å². The van der Waals surface area contributed by atoms with Crippen molar-refractivity contribution in [2.24, 2.45) is 0 Å². The minimum atomic E-state index is -0.393. The third kappa shape index (κ3) is 3.61. The zero-order valence-electron chi connectivity index (χ0n) is 14.0. The predicted molar refractivity (Wildman–Crippen MR) is 102 cm³/mol. The number of anilines is 1. The number of rotatable bonds is 5. The van der Waals surface area contributed by atoms with Crippen molar-refractivity contribution in [2.75, 3.05) is 19.5 Å². The lowest BCUT2D eigenvalue weighted by Gasteiger charge is -2.12. The summed E-state index contributed by atoms with van der Waals surface area (Å²) in [5.74, 6) is 0.477. The maximum absolute atomic E-state index is 12.5. The zero-order chi connectivity index (χ0) is 18.7. The third-order valence-electron chi connectivity index (χ3n) is 3.69. The Hall–Kier alpha value is -2.70. The summed E-state index contributed by atoms with van der Waals surface area (Å²) in [5, 5.41) is 10.5. The molecule has 0 saturated carbocycles. The Balaban J connectivity index is 1.86. The molecule has 0 unspecified atom stereocenters. The van der Waals surface area contributed by atoms with E-state index in [1.54, 1.807) is 24.3 Å². The van der Waals surface area contributed by atoms with Gasteiger partial charge in [-0.25, -0.2) is 0 Å². The summed E-state index contributed by atoms with van der Waals surface area (Å²) < 4.78 is 10.4. The SMILES string of the molecule is COc1cc(OC)c(NC(=O)c2cc(-c3ccccc3Cl)n[nH]2)cc1Cl. The molecule has 3 rings (SSSR count). The fourth-order valence-electron chi connectivity index (χ4n) is 2.39. The lowest BCUT2D eigenvalue weighted by atomic mass is 10.1. The first-order valence-electron chi connectivity index (χ1n) is 7.56. The highest BCUT2D eigenvalue weighted by Crippen LogP contribution is 2.36. The van der Waals surface area contributed by atoms with Crippen molar-refractivity contribution >= 4 is 34.8 Å². The molecule has 0 spiro atoms. The smallest absolute Gasteiger partial charge is 0.273 e. The molecule has 0 bridgehead atoms. The molecule has 0 radical (unpaired) electrons. The lowest BCUT2D eigenvalue weighted by molar-refractivity contribution is 0.102. The molecule has 26 heavy (non-hydrogen) atoms. The van der Waals surface area contributed by atoms with Crippen LogP contribution < -0.4 is 14.8 Å². The van der Waals surface area contributed by atoms with Gasteiger partial charge in [-0.2, -0.15) is 5.10 Å². The van der Waals surface area contributed by atoms with E-state index in [9.17, 15) is 4.79 Å². The van der Waals surface area contributed by atoms with Crippen molar-refractivity contribution in [3.05, 3.63) is 58.2 Å². The van der Waals surface area contributed by atoms with Crippen LogP contribution in [0.5, 0.6) is 11.5 Å². The quantitative estimate of drug-likeness (QED) is 0.663. The summed E-state index contributed by atoms with van der Waals surface area (Å²) in [6, 6.07) is 12.0. The molecular weight excluding hydrogens is 377 g/mol. The van der Waals surface area contributed by atoms with Gasteiger partial charge in [-0.3, -0.25) is 9.89 Å². The lowest BCUT2D eigenvalue weighted by Crippen LogP contribution is -2.13. The Labute approximate surface area is 160 Å². The van der Waals surface area contributed by atoms with Gasteiger partial charge in [0.05, 0.1) is 35.6 Å². The number of ether oxygens (including phenoxy) is 2. The van der Waals surface area contributed by atoms with Gasteiger partial charge in [0.15, 0.2) is 0 Å². The molecule has 0 aliphatic rings. The van der Waals surface area contributed by atoms with Crippen molar-refractivity contribution in [3.8, 4) is 22.8 Å². The van der Waals surface area contributed by atoms with Crippen LogP contribution in [0.2, 0.25) is 10.0 Å². The van der Waals surface area contributed by atoms with Gasteiger partial charge in [0, 0.05) is 11.6 Å². The Kier molecular flexibility index (Phi) is 5.35. The van der Waals surface area contributed by atoms with Crippen molar-refractivity contribution in [1.29, 1.82) is 0 Å². The highest BCUT2D eigenvalue weighted by molar-refractivity contribution is 6.33. The number of methoxy groups -OCH3 is 2. The Morgan fingerprint density at radius 2 is 1.77 bits per heavy atom. The first-order chi connectivity index (χ1) is 12.5. The van der Waals surface area contributed by atoms with Gasteiger partial charge in [0.25, 0.3) is 5.91 Å². The molecule has 0 fully saturated rings. The molecule has 6 nitrogen and oxygen atoms in total. The van der Waals surface area contributed by atoms with E-state index >= 15 is 0 Å². The van der Waals surface area contributed by atoms with Crippen LogP contribution in [0.4, 0.5) is 5.69 Å². The average molecular weight is 392 g/mol. The molecular formula is C18H15Cl2N3O3. The summed E-state index contributed by atoms with van der Waals surface area (Å²) in [6.07, 6.45) is 0. The van der Waals surface area contributed by atoms with E-state index in [1.807, 2.05) is 18.2 Å². The van der Waals surface area contributed by atoms with Gasteiger partial charge < -0.3 is 14.8 Å². The molecule has 0 aliphatic carbocycles. The van der Waals surface area contributed by atoms with Gasteiger partial charge >= 0.3 is 0 Å². The van der Waals surface area contributed by atoms with E-state index in [0.717, 1.165) is 5.56 Å². The Morgan fingerprint density at radius 1 is 1.04 bits per heavy atom. The van der Waals surface area contributed by atoms with Gasteiger partial charge in [0.2, 0.25) is 0 Å². The average Bonchev–Trinajstić information content (AvgIpc) is 3.12. The number of H-pyrrole nitrogens is 1. The van der Waals surface area contributed by atoms with Crippen LogP contribution in [0.3, 0.4) is 0 Å². The van der Waals surface area contributed by atoms with Crippen LogP contribution in [-0.2, 0) is 0 Å². The third-order valence-corrected chi connectivity index (χ3v) is 4.32. The van der Waals surface area contributed by atoms with Crippen LogP contribution in [0.1, 0.15) is 10.5 Å². The minimum absolute atomic E-state index is 0.272. The second kappa shape index (κ2) is 7.68. The van der Waals surface area contributed by atoms with Crippen LogP contribution in [0.15, 0.2) is 42.5 Å². The number of carbonyl (C=O) groups is 1. The number of nitrogens with zero attached hydrogens (tertiary/aromatic N) is 1. The number of aromatic nitrogens is 2. The largest absolute Gasteiger partial charge is 0.495 e. The summed E-state index contributed by atoms with van der Waals surface area (Å²) >= 11 is 12.3. The molecule has 0 saturated heterocycles. The minimum Gasteiger partial charge on any atom is -0.495 e. The van der Waals surface area contributed by atoms with E-state index < -0.39 is 5.91 Å². The fourth-order valence-corrected chi connectivity index (χ4v) is 2.87. The predicted octanol–water partition coefficient (Wildman–Crippen LogP) is 4.65. The van der Waals surface area contributed by atoms with E-state index in [0.29, 0.717) is 32.9 Å². The fraction of sp³-hybridized carbons (Fsp3) is 0.111. The van der Waals surface area contributed by atoms with E-state index in [4.69, 9.17) is 32.7 Å². The molecule has 1 aromatic heterocycles. The highest BCUT2D eigenvalue weighted by Gasteiger charge is 2.16. The maximum atomic E-state index is 12.5. The van der Waals surface area contributed by atoms with Crippen LogP contribution in [0, 0.1) is 0 Å². The molecule has 1 amide bonds. The molecule has 2 aromatic carbocycles. The van der Waals surface area contributed by atoms with Crippen LogP contribution in [-0.4, -0.2) is 30.3 Å². The maximum Gasteiger partial charge on any atom is 0.273 e. The van der Waals surface area contributed by atoms with Gasteiger partial charge in [-0.15, -0.1) is 0 Å². The number of amides is 1. The van der Waals surface area contributed by atoms with Crippen molar-refractivity contribution in [1.82, 2.24) is 10.2 Å². The monoisotopic (exact) mass is 391 g/mol. The molecule has 2 N–H and O–H groups in total. The van der Waals surface area contributed by atoms with Crippen LogP contribution >= 0.6 is 23.2 Å². The number of hydrogen-bond acceptors (Lipinski definition) is 4. The summed E-state index contributed by atoms with van der Waals surface area (Å²) in [7, 11) is 2.99. The number of benzene rings is 2. The number of hydrogen-bond donors (Lipinski definition) is 2. The standard InChI is InChI=1S/C18H15Cl2N3O3/c1-25-16-9-17(26-2)14(7-12(16)20)21-18(24)15-8-13(22-23-15)10-5-3-4-6-11(10)19/h3-9H,1-2H3,(H,21,24)(H,22,23). The van der Waals surface area contributed by atoms with E-state index in [2.05, 4.69) is 15.5 Å². The molecule has 134 valence electrons. The Morgan fingerprint density at radius 3 is 2.46 bits per heavy atom. The number of halogens is 2. The first-order valence-corrected chi connectivity index (χ1v) is 8.32. The highest BCUT2D eigenvalue weighted by atomic mass is 35.5. The molecule has 1 heterocycles. The van der Waals surface area contributed by atoms with Crippen molar-refractivity contribution in [2.45, 2.75) is 0 Å². The number of aromatic amines is 1. The second-order valence-corrected chi connectivity index (χ2v) is 6.10. The van der Waals surface area contributed by atoms with Crippen LogP contribution in [0.25, 0.3) is 11.3 Å². The van der Waals surface area contributed by atoms with E-state index in [-0.39, 0.29) is 5.69 Å². The molecule has 0 atom stereocenters. The molecule has 8 heteroatoms. The first kappa shape index (κ1) is 18.1. The Bertz CT molecular complexity index is 957. The van der Waals surface area contributed by atoms with Gasteiger partial charge in [-0.1, -0.05) is 41.4 Å². The van der Waals surface area contributed by atoms with Crippen molar-refractivity contribution < 1.29 is 14.3 Å². The van der Waals surface area contributed by atoms with Crippen molar-refractivity contribution in [3.63, 3.8) is 0 Å². The second-order valence-electron chi connectivity index (χ2n) is 5.29. The summed E-state index contributed by atoms with van der Waals surface area (Å²) in [6.45, 7) is 0. The topological polar surface area (TPSA) is 76.2 Å². The number of carbonyl (C=O) groups excluding carboxylic acids is 1. The normalized spacial score (nSPS) is 10.5. The molecule has 3 aromatic rings. The summed E-state index contributed by atoms with van der Waals surface area (Å²) in [5.41, 5.74) is 1.99. The summed E-state index contributed by atoms with van der Waals surface area (Å²) in [4.78, 5) is 12.5. The van der Waals surface area contributed by atoms with E-state index in [1.165, 1.54) is 14.2 Å². The molecule has 0 aliphatic heterocycles. The van der Waals surface area contributed by atoms with Gasteiger partial charge in [0.1, 0.15) is 17.2 Å². The zero-order valence-corrected chi connectivity index (χ0v) is 15.5. The number of nitrogens with one attached hydrogen (secondary N) is 2.